The van der Waals surface area contributed by atoms with Crippen molar-refractivity contribution in [3.8, 4) is 10.7 Å². The Kier molecular flexibility index (Phi) is 5.61. The molecule has 0 aliphatic rings. The van der Waals surface area contributed by atoms with Gasteiger partial charge in [0.25, 0.3) is 6.43 Å². The van der Waals surface area contributed by atoms with E-state index in [9.17, 15) is 8.78 Å². The molecular weight excluding hydrogens is 422 g/mol. The molecule has 0 unspecified atom stereocenters. The van der Waals surface area contributed by atoms with E-state index in [4.69, 9.17) is 11.6 Å². The van der Waals surface area contributed by atoms with E-state index in [0.29, 0.717) is 22.3 Å². The molecule has 0 spiro atoms. The summed E-state index contributed by atoms with van der Waals surface area (Å²) in [7, 11) is 0. The fourth-order valence-electron chi connectivity index (χ4n) is 2.87. The molecule has 2 aromatic carbocycles. The summed E-state index contributed by atoms with van der Waals surface area (Å²) in [5.41, 5.74) is 2.52. The number of aryl methyl sites for hydroxylation is 1. The van der Waals surface area contributed by atoms with Gasteiger partial charge < -0.3 is 0 Å². The van der Waals surface area contributed by atoms with Crippen LogP contribution >= 0.6 is 34.7 Å². The molecule has 0 atom stereocenters. The number of hydrogen-bond donors (Lipinski definition) is 0. The van der Waals surface area contributed by atoms with E-state index in [1.165, 1.54) is 5.56 Å². The van der Waals surface area contributed by atoms with Crippen LogP contribution in [-0.2, 0) is 12.3 Å². The second-order valence-corrected chi connectivity index (χ2v) is 8.45. The molecule has 0 aliphatic heterocycles. The molecule has 0 aliphatic carbocycles. The molecule has 4 aromatic rings. The second-order valence-electron chi connectivity index (χ2n) is 5.99. The summed E-state index contributed by atoms with van der Waals surface area (Å²) in [6, 6.07) is 14.0. The highest BCUT2D eigenvalue weighted by Crippen LogP contribution is 2.38. The Labute approximate surface area is 173 Å². The molecule has 0 N–H and O–H groups in total. The van der Waals surface area contributed by atoms with Crippen molar-refractivity contribution in [2.75, 3.05) is 0 Å². The standard InChI is InChI=1S/C19H15ClF2N4S2/c1-2-26-16-13(15(25-26)18-23-24-19(28-18)17(21)22)8-12(9-14(16)20)27-10-11-6-4-3-5-7-11/h3-9,17H,2,10H2,1H3. The van der Waals surface area contributed by atoms with E-state index in [1.807, 2.05) is 37.3 Å². The van der Waals surface area contributed by atoms with Gasteiger partial charge in [0.15, 0.2) is 10.0 Å². The minimum absolute atomic E-state index is 0.310. The zero-order valence-electron chi connectivity index (χ0n) is 14.8. The van der Waals surface area contributed by atoms with E-state index in [0.717, 1.165) is 32.9 Å². The molecular formula is C19H15ClF2N4S2. The van der Waals surface area contributed by atoms with Crippen LogP contribution in [0.15, 0.2) is 47.4 Å². The highest BCUT2D eigenvalue weighted by atomic mass is 35.5. The number of halogens is 3. The van der Waals surface area contributed by atoms with Gasteiger partial charge in [0, 0.05) is 22.6 Å². The van der Waals surface area contributed by atoms with Crippen molar-refractivity contribution in [3.63, 3.8) is 0 Å². The molecule has 9 heteroatoms. The zero-order chi connectivity index (χ0) is 19.7. The van der Waals surface area contributed by atoms with Crippen molar-refractivity contribution < 1.29 is 8.78 Å². The molecule has 28 heavy (non-hydrogen) atoms. The van der Waals surface area contributed by atoms with E-state index in [-0.39, 0.29) is 5.01 Å². The van der Waals surface area contributed by atoms with Crippen LogP contribution in [0, 0.1) is 0 Å². The predicted octanol–water partition coefficient (Wildman–Crippen LogP) is 6.46. The van der Waals surface area contributed by atoms with E-state index in [1.54, 1.807) is 16.4 Å². The van der Waals surface area contributed by atoms with Crippen molar-refractivity contribution in [3.05, 3.63) is 58.1 Å². The zero-order valence-corrected chi connectivity index (χ0v) is 17.2. The van der Waals surface area contributed by atoms with Gasteiger partial charge in [-0.15, -0.1) is 22.0 Å². The van der Waals surface area contributed by atoms with Gasteiger partial charge >= 0.3 is 0 Å². The Hall–Kier alpha value is -2.03. The number of alkyl halides is 2. The van der Waals surface area contributed by atoms with Gasteiger partial charge in [0.05, 0.1) is 10.5 Å². The summed E-state index contributed by atoms with van der Waals surface area (Å²) in [6.45, 7) is 2.56. The average Bonchev–Trinajstić information content (AvgIpc) is 3.32. The molecule has 0 bridgehead atoms. The lowest BCUT2D eigenvalue weighted by molar-refractivity contribution is 0.150. The molecule has 0 saturated heterocycles. The first-order valence-electron chi connectivity index (χ1n) is 8.55. The third kappa shape index (κ3) is 3.76. The number of benzene rings is 2. The summed E-state index contributed by atoms with van der Waals surface area (Å²) < 4.78 is 27.6. The number of rotatable bonds is 6. The van der Waals surface area contributed by atoms with E-state index >= 15 is 0 Å². The van der Waals surface area contributed by atoms with Gasteiger partial charge in [-0.1, -0.05) is 53.3 Å². The Morgan fingerprint density at radius 3 is 2.64 bits per heavy atom. The molecule has 2 heterocycles. The van der Waals surface area contributed by atoms with Crippen molar-refractivity contribution in [1.29, 1.82) is 0 Å². The lowest BCUT2D eigenvalue weighted by atomic mass is 10.2. The molecule has 0 fully saturated rings. The fourth-order valence-corrected chi connectivity index (χ4v) is 4.88. The van der Waals surface area contributed by atoms with Crippen LogP contribution in [0.25, 0.3) is 21.6 Å². The monoisotopic (exact) mass is 436 g/mol. The SMILES string of the molecule is CCn1nc(-c2nnc(C(F)F)s2)c2cc(SCc3ccccc3)cc(Cl)c21. The summed E-state index contributed by atoms with van der Waals surface area (Å²) >= 11 is 9.07. The Morgan fingerprint density at radius 2 is 1.96 bits per heavy atom. The van der Waals surface area contributed by atoms with Gasteiger partial charge in [-0.25, -0.2) is 8.78 Å². The minimum atomic E-state index is -2.65. The largest absolute Gasteiger partial charge is 0.291 e. The minimum Gasteiger partial charge on any atom is -0.263 e. The number of aromatic nitrogens is 4. The molecule has 2 aromatic heterocycles. The average molecular weight is 437 g/mol. The van der Waals surface area contributed by atoms with Gasteiger partial charge in [-0.05, 0) is 24.6 Å². The van der Waals surface area contributed by atoms with E-state index < -0.39 is 6.43 Å². The third-order valence-corrected chi connectivity index (χ3v) is 6.42. The number of thioether (sulfide) groups is 1. The van der Waals surface area contributed by atoms with Crippen molar-refractivity contribution in [2.45, 2.75) is 30.5 Å². The highest BCUT2D eigenvalue weighted by Gasteiger charge is 2.21. The van der Waals surface area contributed by atoms with Crippen LogP contribution in [0.1, 0.15) is 23.9 Å². The van der Waals surface area contributed by atoms with Gasteiger partial charge in [-0.3, -0.25) is 4.68 Å². The highest BCUT2D eigenvalue weighted by molar-refractivity contribution is 7.98. The third-order valence-electron chi connectivity index (χ3n) is 4.15. The molecule has 0 radical (unpaired) electrons. The van der Waals surface area contributed by atoms with E-state index in [2.05, 4.69) is 27.4 Å². The Balaban J connectivity index is 1.76. The lowest BCUT2D eigenvalue weighted by Crippen LogP contribution is -1.96. The summed E-state index contributed by atoms with van der Waals surface area (Å²) in [5, 5.41) is 13.5. The summed E-state index contributed by atoms with van der Waals surface area (Å²) in [5.74, 6) is 0.800. The van der Waals surface area contributed by atoms with Crippen molar-refractivity contribution in [1.82, 2.24) is 20.0 Å². The maximum Gasteiger partial charge on any atom is 0.291 e. The Bertz CT molecular complexity index is 1110. The molecule has 144 valence electrons. The number of hydrogen-bond acceptors (Lipinski definition) is 5. The van der Waals surface area contributed by atoms with Crippen LogP contribution in [-0.4, -0.2) is 20.0 Å². The maximum absolute atomic E-state index is 12.9. The van der Waals surface area contributed by atoms with Crippen LogP contribution in [0.5, 0.6) is 0 Å². The first-order valence-corrected chi connectivity index (χ1v) is 10.7. The van der Waals surface area contributed by atoms with Gasteiger partial charge in [-0.2, -0.15) is 5.10 Å². The molecule has 4 nitrogen and oxygen atoms in total. The summed E-state index contributed by atoms with van der Waals surface area (Å²) in [4.78, 5) is 0.983. The topological polar surface area (TPSA) is 43.6 Å². The number of fused-ring (bicyclic) bond motifs is 1. The van der Waals surface area contributed by atoms with Crippen LogP contribution < -0.4 is 0 Å². The molecule has 4 rings (SSSR count). The normalized spacial score (nSPS) is 11.6. The van der Waals surface area contributed by atoms with Gasteiger partial charge in [0.1, 0.15) is 5.69 Å². The molecule has 0 amide bonds. The van der Waals surface area contributed by atoms with Crippen LogP contribution in [0.3, 0.4) is 0 Å². The van der Waals surface area contributed by atoms with Crippen molar-refractivity contribution >= 4 is 45.6 Å². The fraction of sp³-hybridized carbons (Fsp3) is 0.211. The molecule has 0 saturated carbocycles. The summed E-state index contributed by atoms with van der Waals surface area (Å²) in [6.07, 6.45) is -2.65. The lowest BCUT2D eigenvalue weighted by Gasteiger charge is -2.06. The predicted molar refractivity (Wildman–Crippen MR) is 110 cm³/mol. The maximum atomic E-state index is 12.9. The number of nitrogens with zero attached hydrogens (tertiary/aromatic N) is 4. The first kappa shape index (κ1) is 19.3. The van der Waals surface area contributed by atoms with Crippen LogP contribution in [0.4, 0.5) is 8.78 Å². The Morgan fingerprint density at radius 1 is 1.18 bits per heavy atom. The quantitative estimate of drug-likeness (QED) is 0.325. The van der Waals surface area contributed by atoms with Gasteiger partial charge in [0.2, 0.25) is 0 Å². The second kappa shape index (κ2) is 8.14. The first-order chi connectivity index (χ1) is 13.6. The smallest absolute Gasteiger partial charge is 0.263 e. The van der Waals surface area contributed by atoms with Crippen molar-refractivity contribution in [2.24, 2.45) is 0 Å². The van der Waals surface area contributed by atoms with Crippen LogP contribution in [0.2, 0.25) is 5.02 Å².